The molecule has 2 saturated heterocycles. The number of rotatable bonds is 17. The van der Waals surface area contributed by atoms with Gasteiger partial charge in [-0.3, -0.25) is 4.79 Å². The molecule has 2 aliphatic rings. The van der Waals surface area contributed by atoms with Crippen LogP contribution >= 0.6 is 0 Å². The molecule has 304 valence electrons. The third kappa shape index (κ3) is 8.50. The number of para-hydroxylation sites is 2. The highest BCUT2D eigenvalue weighted by molar-refractivity contribution is 5.96. The number of piperidine rings is 1. The minimum absolute atomic E-state index is 0.0779. The van der Waals surface area contributed by atoms with Gasteiger partial charge in [0.1, 0.15) is 18.1 Å². The van der Waals surface area contributed by atoms with E-state index in [0.717, 1.165) is 85.1 Å². The van der Waals surface area contributed by atoms with Crippen molar-refractivity contribution in [3.8, 4) is 28.7 Å². The molecular formula is C44H55N5O8. The predicted octanol–water partition coefficient (Wildman–Crippen LogP) is 6.74. The molecule has 0 radical (unpaired) electrons. The van der Waals surface area contributed by atoms with E-state index in [9.17, 15) is 9.90 Å². The molecule has 1 unspecified atom stereocenters. The summed E-state index contributed by atoms with van der Waals surface area (Å²) in [6, 6.07) is 21.8. The van der Waals surface area contributed by atoms with Crippen molar-refractivity contribution in [2.45, 2.75) is 64.1 Å². The number of benzene rings is 3. The molecule has 2 aromatic heterocycles. The molecule has 7 rings (SSSR count). The van der Waals surface area contributed by atoms with E-state index < -0.39 is 0 Å². The molecule has 0 saturated carbocycles. The van der Waals surface area contributed by atoms with Gasteiger partial charge in [-0.05, 0) is 100 Å². The summed E-state index contributed by atoms with van der Waals surface area (Å²) < 4.78 is 36.7. The van der Waals surface area contributed by atoms with Gasteiger partial charge >= 0.3 is 0 Å². The second-order valence-electron chi connectivity index (χ2n) is 14.7. The summed E-state index contributed by atoms with van der Waals surface area (Å²) in [4.78, 5) is 23.7. The number of nitrogens with zero attached hydrogens (tertiary/aromatic N) is 4. The highest BCUT2D eigenvalue weighted by Gasteiger charge is 2.42. The van der Waals surface area contributed by atoms with E-state index in [-0.39, 0.29) is 24.0 Å². The number of amides is 1. The van der Waals surface area contributed by atoms with Crippen LogP contribution < -0.4 is 29.0 Å². The number of hydrogen-bond donors (Lipinski definition) is 2. The van der Waals surface area contributed by atoms with Crippen LogP contribution in [0.2, 0.25) is 0 Å². The molecule has 2 fully saturated rings. The first kappa shape index (κ1) is 39.8. The molecule has 5 aromatic rings. The number of imidazole rings is 1. The van der Waals surface area contributed by atoms with Gasteiger partial charge in [0.2, 0.25) is 11.7 Å². The average Bonchev–Trinajstić information content (AvgIpc) is 3.98. The maximum absolute atomic E-state index is 14.2. The lowest BCUT2D eigenvalue weighted by Gasteiger charge is -2.36. The molecule has 1 atom stereocenters. The number of nitrogens with one attached hydrogen (secondary N) is 1. The summed E-state index contributed by atoms with van der Waals surface area (Å²) in [6.07, 6.45) is 3.62. The van der Waals surface area contributed by atoms with Crippen LogP contribution in [0, 0.1) is 0 Å². The standard InChI is InChI=1S/C44H55N5O8/c1-6-55-37-15-12-31(26-38(37)56-7-2)44(19-23-48(29-44)42(51)30-24-39(52-3)41(54-5)40(25-30)53-4)18-22-47-20-16-32(17-21-47)45-43-46-35-10-8-9-11-36(35)49(43)27-33-13-14-34(28-50)57-33/h8-15,24-26,32,50H,6-7,16-23,27-29H2,1-5H3,(H,45,46). The monoisotopic (exact) mass is 781 g/mol. The van der Waals surface area contributed by atoms with Gasteiger partial charge in [-0.25, -0.2) is 4.98 Å². The molecule has 2 N–H and O–H groups in total. The van der Waals surface area contributed by atoms with Crippen molar-refractivity contribution in [1.82, 2.24) is 19.4 Å². The Kier molecular flexibility index (Phi) is 12.4. The van der Waals surface area contributed by atoms with E-state index in [1.165, 1.54) is 0 Å². The number of anilines is 1. The van der Waals surface area contributed by atoms with Crippen LogP contribution in [-0.4, -0.2) is 104 Å². The Bertz CT molecular complexity index is 2110. The van der Waals surface area contributed by atoms with E-state index in [4.69, 9.17) is 33.1 Å². The predicted molar refractivity (Wildman–Crippen MR) is 218 cm³/mol. The first-order valence-electron chi connectivity index (χ1n) is 19.9. The zero-order valence-corrected chi connectivity index (χ0v) is 33.7. The van der Waals surface area contributed by atoms with Crippen molar-refractivity contribution < 1.29 is 38.0 Å². The number of carbonyl (C=O) groups is 1. The van der Waals surface area contributed by atoms with Crippen LogP contribution in [0.3, 0.4) is 0 Å². The second-order valence-corrected chi connectivity index (χ2v) is 14.7. The van der Waals surface area contributed by atoms with Crippen molar-refractivity contribution in [1.29, 1.82) is 0 Å². The van der Waals surface area contributed by atoms with Crippen LogP contribution in [-0.2, 0) is 18.6 Å². The van der Waals surface area contributed by atoms with E-state index in [1.807, 2.05) is 55.1 Å². The Morgan fingerprint density at radius 3 is 2.28 bits per heavy atom. The summed E-state index contributed by atoms with van der Waals surface area (Å²) in [5.74, 6) is 4.86. The zero-order valence-electron chi connectivity index (χ0n) is 33.7. The molecule has 0 spiro atoms. The number of aliphatic hydroxyl groups excluding tert-OH is 1. The van der Waals surface area contributed by atoms with Crippen molar-refractivity contribution >= 4 is 22.9 Å². The number of carbonyl (C=O) groups excluding carboxylic acids is 1. The Morgan fingerprint density at radius 2 is 1.60 bits per heavy atom. The topological polar surface area (TPSA) is 133 Å². The molecule has 57 heavy (non-hydrogen) atoms. The number of likely N-dealkylation sites (tertiary alicyclic amines) is 2. The maximum atomic E-state index is 14.2. The van der Waals surface area contributed by atoms with Gasteiger partial charge < -0.3 is 52.9 Å². The summed E-state index contributed by atoms with van der Waals surface area (Å²) in [5, 5.41) is 13.3. The normalized spacial score (nSPS) is 17.5. The van der Waals surface area contributed by atoms with E-state index >= 15 is 0 Å². The summed E-state index contributed by atoms with van der Waals surface area (Å²) in [6.45, 7) is 9.33. The Balaban J connectivity index is 1.07. The Morgan fingerprint density at radius 1 is 0.877 bits per heavy atom. The van der Waals surface area contributed by atoms with Gasteiger partial charge in [0.15, 0.2) is 23.0 Å². The SMILES string of the molecule is CCOc1ccc(C2(CCN3CCC(Nc4nc5ccccc5n4Cc4ccc(CO)o4)CC3)CCN(C(=O)c3cc(OC)c(OC)c(OC)c3)C2)cc1OCC. The van der Waals surface area contributed by atoms with Gasteiger partial charge in [-0.1, -0.05) is 18.2 Å². The minimum atomic E-state index is -0.297. The number of aliphatic hydroxyl groups is 1. The van der Waals surface area contributed by atoms with Crippen molar-refractivity contribution in [3.05, 3.63) is 89.4 Å². The smallest absolute Gasteiger partial charge is 0.254 e. The van der Waals surface area contributed by atoms with Gasteiger partial charge in [0, 0.05) is 43.2 Å². The van der Waals surface area contributed by atoms with Crippen LogP contribution in [0.25, 0.3) is 11.0 Å². The highest BCUT2D eigenvalue weighted by atomic mass is 16.5. The molecule has 2 aliphatic heterocycles. The average molecular weight is 782 g/mol. The number of hydrogen-bond acceptors (Lipinski definition) is 11. The number of fused-ring (bicyclic) bond motifs is 1. The molecule has 3 aromatic carbocycles. The molecule has 4 heterocycles. The highest BCUT2D eigenvalue weighted by Crippen LogP contribution is 2.44. The van der Waals surface area contributed by atoms with Crippen molar-refractivity contribution in [2.24, 2.45) is 0 Å². The molecule has 0 aliphatic carbocycles. The van der Waals surface area contributed by atoms with Gasteiger partial charge in [0.25, 0.3) is 5.91 Å². The van der Waals surface area contributed by atoms with E-state index in [2.05, 4.69) is 33.0 Å². The lowest BCUT2D eigenvalue weighted by atomic mass is 9.76. The first-order chi connectivity index (χ1) is 27.8. The van der Waals surface area contributed by atoms with E-state index in [1.54, 1.807) is 33.5 Å². The van der Waals surface area contributed by atoms with Crippen molar-refractivity contribution in [3.63, 3.8) is 0 Å². The minimum Gasteiger partial charge on any atom is -0.493 e. The molecule has 0 bridgehead atoms. The molecule has 1 amide bonds. The Hall–Kier alpha value is -5.40. The van der Waals surface area contributed by atoms with E-state index in [0.29, 0.717) is 61.4 Å². The fourth-order valence-corrected chi connectivity index (χ4v) is 8.35. The van der Waals surface area contributed by atoms with Gasteiger partial charge in [-0.2, -0.15) is 0 Å². The summed E-state index contributed by atoms with van der Waals surface area (Å²) >= 11 is 0. The maximum Gasteiger partial charge on any atom is 0.254 e. The van der Waals surface area contributed by atoms with Crippen LogP contribution in [0.15, 0.2) is 71.1 Å². The largest absolute Gasteiger partial charge is 0.493 e. The number of furan rings is 1. The third-order valence-corrected chi connectivity index (χ3v) is 11.4. The second kappa shape index (κ2) is 17.8. The number of methoxy groups -OCH3 is 3. The zero-order chi connectivity index (χ0) is 39.9. The quantitative estimate of drug-likeness (QED) is 0.104. The fraction of sp³-hybridized carbons (Fsp3) is 0.455. The molecule has 13 heteroatoms. The van der Waals surface area contributed by atoms with Gasteiger partial charge in [0.05, 0.1) is 52.1 Å². The fourth-order valence-electron chi connectivity index (χ4n) is 8.35. The van der Waals surface area contributed by atoms with Crippen LogP contribution in [0.5, 0.6) is 28.7 Å². The third-order valence-electron chi connectivity index (χ3n) is 11.4. The molecule has 13 nitrogen and oxygen atoms in total. The van der Waals surface area contributed by atoms with Crippen molar-refractivity contribution in [2.75, 3.05) is 72.6 Å². The van der Waals surface area contributed by atoms with Crippen LogP contribution in [0.1, 0.15) is 67.0 Å². The number of ether oxygens (including phenoxy) is 5. The lowest BCUT2D eigenvalue weighted by molar-refractivity contribution is 0.0779. The summed E-state index contributed by atoms with van der Waals surface area (Å²) in [7, 11) is 4.67. The van der Waals surface area contributed by atoms with Crippen LogP contribution in [0.4, 0.5) is 5.95 Å². The Labute approximate surface area is 334 Å². The lowest BCUT2D eigenvalue weighted by Crippen LogP contribution is -2.42. The number of aromatic nitrogens is 2. The van der Waals surface area contributed by atoms with Gasteiger partial charge in [-0.15, -0.1) is 0 Å². The summed E-state index contributed by atoms with van der Waals surface area (Å²) in [5.41, 5.74) is 3.29. The first-order valence-corrected chi connectivity index (χ1v) is 19.9. The molecular weight excluding hydrogens is 727 g/mol.